The molecule has 3 nitrogen and oxygen atoms in total. The molecule has 0 aliphatic heterocycles. The topological polar surface area (TPSA) is 45.0 Å². The van der Waals surface area contributed by atoms with Crippen LogP contribution in [0.5, 0.6) is 0 Å². The summed E-state index contributed by atoms with van der Waals surface area (Å²) in [5.41, 5.74) is 2.35. The van der Waals surface area contributed by atoms with E-state index in [1.807, 2.05) is 42.5 Å². The number of hydrogen-bond acceptors (Lipinski definition) is 3. The summed E-state index contributed by atoms with van der Waals surface area (Å²) in [6.45, 7) is 1.78. The Bertz CT molecular complexity index is 1080. The highest BCUT2D eigenvalue weighted by Gasteiger charge is 2.27. The Labute approximate surface area is 177 Å². The molecule has 0 spiro atoms. The first-order valence-electron chi connectivity index (χ1n) is 9.82. The Balaban J connectivity index is 2.04. The summed E-state index contributed by atoms with van der Waals surface area (Å²) in [6.07, 6.45) is 0. The maximum atomic E-state index is 9.06. The number of rotatable bonds is 5. The summed E-state index contributed by atoms with van der Waals surface area (Å²) in [7, 11) is -2.28. The molecule has 1 N–H and O–H groups in total. The van der Waals surface area contributed by atoms with Gasteiger partial charge in [-0.15, -0.1) is 0 Å². The highest BCUT2D eigenvalue weighted by Crippen LogP contribution is 2.49. The second-order valence-electron chi connectivity index (χ2n) is 6.97. The van der Waals surface area contributed by atoms with Crippen LogP contribution in [-0.4, -0.2) is 10.9 Å². The largest absolute Gasteiger partial charge is 0.411 e. The zero-order valence-corrected chi connectivity index (χ0v) is 17.7. The zero-order chi connectivity index (χ0) is 20.8. The van der Waals surface area contributed by atoms with Gasteiger partial charge < -0.3 is 5.21 Å². The van der Waals surface area contributed by atoms with Crippen LogP contribution in [0.1, 0.15) is 12.5 Å². The molecule has 0 unspecified atom stereocenters. The molecule has 0 bridgehead atoms. The molecular formula is C26H23N2OP. The predicted molar refractivity (Wildman–Crippen MR) is 128 cm³/mol. The fourth-order valence-electron chi connectivity index (χ4n) is 3.55. The van der Waals surface area contributed by atoms with E-state index in [2.05, 4.69) is 78.0 Å². The first-order chi connectivity index (χ1) is 14.7. The molecule has 0 amide bonds. The van der Waals surface area contributed by atoms with Crippen LogP contribution in [0.3, 0.4) is 0 Å². The lowest BCUT2D eigenvalue weighted by Crippen LogP contribution is -2.25. The average Bonchev–Trinajstić information content (AvgIpc) is 2.84. The first kappa shape index (κ1) is 19.9. The number of hydrogen-bond donors (Lipinski definition) is 1. The van der Waals surface area contributed by atoms with Gasteiger partial charge in [-0.25, -0.2) is 0 Å². The van der Waals surface area contributed by atoms with Crippen molar-refractivity contribution in [1.82, 2.24) is 0 Å². The van der Waals surface area contributed by atoms with Crippen LogP contribution >= 0.6 is 7.05 Å². The maximum Gasteiger partial charge on any atom is 0.0836 e. The third-order valence-electron chi connectivity index (χ3n) is 5.09. The van der Waals surface area contributed by atoms with E-state index in [-0.39, 0.29) is 0 Å². The van der Waals surface area contributed by atoms with Crippen molar-refractivity contribution in [3.05, 3.63) is 121 Å². The van der Waals surface area contributed by atoms with Gasteiger partial charge in [-0.1, -0.05) is 108 Å². The number of benzene rings is 4. The Morgan fingerprint density at radius 1 is 0.600 bits per heavy atom. The zero-order valence-electron chi connectivity index (χ0n) is 16.8. The van der Waals surface area contributed by atoms with Crippen molar-refractivity contribution in [3.63, 3.8) is 0 Å². The van der Waals surface area contributed by atoms with Crippen molar-refractivity contribution in [2.24, 2.45) is 9.90 Å². The van der Waals surface area contributed by atoms with Crippen molar-refractivity contribution >= 4 is 34.4 Å². The van der Waals surface area contributed by atoms with E-state index in [1.54, 1.807) is 6.92 Å². The molecule has 4 aromatic rings. The molecule has 30 heavy (non-hydrogen) atoms. The molecular weight excluding hydrogens is 387 g/mol. The molecule has 0 aliphatic carbocycles. The Hall–Kier alpha value is -3.42. The highest BCUT2D eigenvalue weighted by molar-refractivity contribution is 7.87. The van der Waals surface area contributed by atoms with Gasteiger partial charge in [-0.2, -0.15) is 0 Å². The van der Waals surface area contributed by atoms with Crippen LogP contribution in [0.4, 0.5) is 5.69 Å². The molecule has 0 saturated heterocycles. The van der Waals surface area contributed by atoms with Gasteiger partial charge >= 0.3 is 0 Å². The van der Waals surface area contributed by atoms with Crippen molar-refractivity contribution in [2.75, 3.05) is 0 Å². The first-order valence-corrected chi connectivity index (χ1v) is 11.6. The van der Waals surface area contributed by atoms with E-state index >= 15 is 0 Å². The molecule has 148 valence electrons. The standard InChI is InChI=1S/C26H23N2OP/c1-21(27-29)22-17-19-23(20-18-22)28-30(24-11-5-2-6-12-24,25-13-7-3-8-14-25)26-15-9-4-10-16-26/h2-20,29H,1H3/b27-21-. The Morgan fingerprint density at radius 3 is 1.37 bits per heavy atom. The van der Waals surface area contributed by atoms with Gasteiger partial charge in [0.25, 0.3) is 0 Å². The minimum absolute atomic E-state index is 0.580. The molecule has 0 atom stereocenters. The van der Waals surface area contributed by atoms with Gasteiger partial charge in [-0.3, -0.25) is 4.74 Å². The molecule has 0 aromatic heterocycles. The van der Waals surface area contributed by atoms with E-state index in [0.29, 0.717) is 5.71 Å². The van der Waals surface area contributed by atoms with E-state index in [9.17, 15) is 0 Å². The smallest absolute Gasteiger partial charge is 0.0836 e. The lowest BCUT2D eigenvalue weighted by Gasteiger charge is -2.27. The van der Waals surface area contributed by atoms with Crippen LogP contribution in [0.15, 0.2) is 125 Å². The van der Waals surface area contributed by atoms with Crippen LogP contribution in [-0.2, 0) is 0 Å². The summed E-state index contributed by atoms with van der Waals surface area (Å²) in [5.74, 6) is 0. The van der Waals surface area contributed by atoms with E-state index in [4.69, 9.17) is 9.95 Å². The van der Waals surface area contributed by atoms with Crippen LogP contribution < -0.4 is 15.9 Å². The van der Waals surface area contributed by atoms with E-state index in [1.165, 1.54) is 15.9 Å². The number of oxime groups is 1. The molecule has 0 radical (unpaired) electrons. The van der Waals surface area contributed by atoms with E-state index < -0.39 is 7.05 Å². The molecule has 0 saturated carbocycles. The van der Waals surface area contributed by atoms with E-state index in [0.717, 1.165) is 11.3 Å². The second-order valence-corrected chi connectivity index (χ2v) is 9.99. The Kier molecular flexibility index (Phi) is 5.92. The van der Waals surface area contributed by atoms with Crippen LogP contribution in [0, 0.1) is 0 Å². The average molecular weight is 410 g/mol. The molecule has 4 heteroatoms. The lowest BCUT2D eigenvalue weighted by atomic mass is 10.1. The van der Waals surface area contributed by atoms with Gasteiger partial charge in [0.2, 0.25) is 0 Å². The second kappa shape index (κ2) is 8.94. The van der Waals surface area contributed by atoms with Gasteiger partial charge in [0.15, 0.2) is 0 Å². The molecule has 0 aliphatic rings. The third-order valence-corrected chi connectivity index (χ3v) is 8.76. The summed E-state index contributed by atoms with van der Waals surface area (Å²) >= 11 is 0. The SMILES string of the molecule is C/C(=N/O)c1ccc(N=P(c2ccccc2)(c2ccccc2)c2ccccc2)cc1. The molecule has 0 fully saturated rings. The van der Waals surface area contributed by atoms with Gasteiger partial charge in [0.1, 0.15) is 0 Å². The van der Waals surface area contributed by atoms with Crippen LogP contribution in [0.2, 0.25) is 0 Å². The molecule has 4 aromatic carbocycles. The van der Waals surface area contributed by atoms with Crippen molar-refractivity contribution in [1.29, 1.82) is 0 Å². The normalized spacial score (nSPS) is 11.8. The summed E-state index contributed by atoms with van der Waals surface area (Å²) < 4.78 is 5.44. The van der Waals surface area contributed by atoms with Gasteiger partial charge in [0, 0.05) is 15.9 Å². The van der Waals surface area contributed by atoms with Gasteiger partial charge in [-0.05, 0) is 24.6 Å². The predicted octanol–water partition coefficient (Wildman–Crippen LogP) is 5.69. The monoisotopic (exact) mass is 410 g/mol. The quantitative estimate of drug-likeness (QED) is 0.195. The van der Waals surface area contributed by atoms with Crippen molar-refractivity contribution in [3.8, 4) is 0 Å². The molecule has 4 rings (SSSR count). The fourth-order valence-corrected chi connectivity index (χ4v) is 7.08. The van der Waals surface area contributed by atoms with Crippen molar-refractivity contribution < 1.29 is 5.21 Å². The van der Waals surface area contributed by atoms with Crippen LogP contribution in [0.25, 0.3) is 0 Å². The van der Waals surface area contributed by atoms with Crippen molar-refractivity contribution in [2.45, 2.75) is 6.92 Å². The Morgan fingerprint density at radius 2 is 1.00 bits per heavy atom. The summed E-state index contributed by atoms with van der Waals surface area (Å²) in [4.78, 5) is 0. The molecule has 0 heterocycles. The fraction of sp³-hybridized carbons (Fsp3) is 0.0385. The summed E-state index contributed by atoms with van der Waals surface area (Å²) in [5, 5.41) is 16.0. The summed E-state index contributed by atoms with van der Waals surface area (Å²) in [6, 6.07) is 39.5. The number of nitrogens with zero attached hydrogens (tertiary/aromatic N) is 2. The highest BCUT2D eigenvalue weighted by atomic mass is 31.2. The minimum atomic E-state index is -2.28. The van der Waals surface area contributed by atoms with Gasteiger partial charge in [0.05, 0.1) is 18.5 Å². The third kappa shape index (κ3) is 3.85. The lowest BCUT2D eigenvalue weighted by molar-refractivity contribution is 0.319. The maximum absolute atomic E-state index is 9.06. The minimum Gasteiger partial charge on any atom is -0.411 e.